The van der Waals surface area contributed by atoms with Crippen molar-refractivity contribution >= 4 is 40.7 Å². The number of likely N-dealkylation sites (tertiary alicyclic amines) is 1. The van der Waals surface area contributed by atoms with Crippen LogP contribution in [0.1, 0.15) is 52.9 Å². The number of carboxylic acid groups (broad SMARTS) is 1. The van der Waals surface area contributed by atoms with Gasteiger partial charge in [0.1, 0.15) is 5.75 Å². The van der Waals surface area contributed by atoms with Crippen molar-refractivity contribution in [3.05, 3.63) is 73.5 Å². The van der Waals surface area contributed by atoms with Gasteiger partial charge in [-0.2, -0.15) is 5.10 Å². The molecule has 9 heteroatoms. The maximum absolute atomic E-state index is 13.9. The van der Waals surface area contributed by atoms with E-state index >= 15 is 0 Å². The first-order valence-corrected chi connectivity index (χ1v) is 14.7. The molecule has 0 saturated carbocycles. The first kappa shape index (κ1) is 29.2. The summed E-state index contributed by atoms with van der Waals surface area (Å²) in [4.78, 5) is 27.2. The third-order valence-electron chi connectivity index (χ3n) is 8.40. The number of benzene rings is 2. The number of aromatic nitrogens is 2. The monoisotopic (exact) mass is 595 g/mol. The number of carbonyl (C=O) groups excluding carboxylic acids is 1. The lowest BCUT2D eigenvalue weighted by molar-refractivity contribution is -0.141. The molecule has 41 heavy (non-hydrogen) atoms. The standard InChI is InChI=1S/C32H35Cl2N3O4/c1-17-13-22(14-18(2)30(17)34)41-12-6-7-23-24-8-9-27(33)29(28-19(3)35-36(5)20(28)4)25(24)15-26(23)31(38)37-11-10-21(16-37)32(39)40/h8-9,13-14,21H,6-7,10-12,15-16H2,1-5H3,(H,39,40). The predicted octanol–water partition coefficient (Wildman–Crippen LogP) is 6.73. The quantitative estimate of drug-likeness (QED) is 0.292. The van der Waals surface area contributed by atoms with Crippen LogP contribution in [0.5, 0.6) is 5.75 Å². The van der Waals surface area contributed by atoms with E-state index in [1.165, 1.54) is 0 Å². The van der Waals surface area contributed by atoms with Crippen LogP contribution in [0.4, 0.5) is 0 Å². The fourth-order valence-electron chi connectivity index (χ4n) is 6.19. The molecule has 216 valence electrons. The van der Waals surface area contributed by atoms with E-state index in [1.54, 1.807) is 4.90 Å². The number of amides is 1. The average molecular weight is 597 g/mol. The maximum Gasteiger partial charge on any atom is 0.308 e. The molecule has 1 N–H and O–H groups in total. The van der Waals surface area contributed by atoms with Gasteiger partial charge in [0.25, 0.3) is 0 Å². The molecule has 3 aromatic rings. The number of hydrogen-bond donors (Lipinski definition) is 1. The summed E-state index contributed by atoms with van der Waals surface area (Å²) in [6.45, 7) is 9.07. The highest BCUT2D eigenvalue weighted by atomic mass is 35.5. The minimum atomic E-state index is -0.856. The molecule has 1 saturated heterocycles. The molecule has 2 aliphatic rings. The van der Waals surface area contributed by atoms with Gasteiger partial charge in [-0.3, -0.25) is 14.3 Å². The van der Waals surface area contributed by atoms with E-state index in [0.717, 1.165) is 61.1 Å². The molecule has 1 aliphatic carbocycles. The van der Waals surface area contributed by atoms with Gasteiger partial charge in [-0.25, -0.2) is 0 Å². The van der Waals surface area contributed by atoms with E-state index in [4.69, 9.17) is 27.9 Å². The summed E-state index contributed by atoms with van der Waals surface area (Å²) in [7, 11) is 1.91. The molecular weight excluding hydrogens is 561 g/mol. The van der Waals surface area contributed by atoms with E-state index in [2.05, 4.69) is 5.10 Å². The van der Waals surface area contributed by atoms with Crippen molar-refractivity contribution in [3.63, 3.8) is 0 Å². The van der Waals surface area contributed by atoms with Crippen molar-refractivity contribution in [2.24, 2.45) is 13.0 Å². The second-order valence-corrected chi connectivity index (χ2v) is 11.9. The number of fused-ring (bicyclic) bond motifs is 1. The van der Waals surface area contributed by atoms with Gasteiger partial charge in [0.2, 0.25) is 5.91 Å². The number of allylic oxidation sites excluding steroid dienone is 1. The van der Waals surface area contributed by atoms with Crippen LogP contribution in [0.25, 0.3) is 16.7 Å². The third kappa shape index (κ3) is 5.50. The first-order chi connectivity index (χ1) is 19.5. The molecule has 5 rings (SSSR count). The number of aryl methyl sites for hydroxylation is 4. The Bertz CT molecular complexity index is 1570. The summed E-state index contributed by atoms with van der Waals surface area (Å²) in [6.07, 6.45) is 2.25. The zero-order valence-electron chi connectivity index (χ0n) is 24.1. The van der Waals surface area contributed by atoms with Crippen molar-refractivity contribution < 1.29 is 19.4 Å². The number of aliphatic carboxylic acids is 1. The minimum absolute atomic E-state index is 0.0912. The maximum atomic E-state index is 13.9. The summed E-state index contributed by atoms with van der Waals surface area (Å²) in [5.74, 6) is -0.704. The van der Waals surface area contributed by atoms with Gasteiger partial charge in [-0.1, -0.05) is 29.3 Å². The summed E-state index contributed by atoms with van der Waals surface area (Å²) in [6, 6.07) is 7.79. The number of carboxylic acids is 1. The molecule has 0 bridgehead atoms. The van der Waals surface area contributed by atoms with Gasteiger partial charge in [-0.05, 0) is 93.0 Å². The molecule has 0 radical (unpaired) electrons. The highest BCUT2D eigenvalue weighted by Gasteiger charge is 2.36. The highest BCUT2D eigenvalue weighted by molar-refractivity contribution is 6.34. The number of hydrogen-bond acceptors (Lipinski definition) is 4. The van der Waals surface area contributed by atoms with Gasteiger partial charge in [0.15, 0.2) is 0 Å². The molecule has 1 atom stereocenters. The second-order valence-electron chi connectivity index (χ2n) is 11.1. The summed E-state index contributed by atoms with van der Waals surface area (Å²) < 4.78 is 7.93. The number of ether oxygens (including phenoxy) is 1. The molecule has 1 amide bonds. The topological polar surface area (TPSA) is 84.7 Å². The Kier molecular flexibility index (Phi) is 8.22. The largest absolute Gasteiger partial charge is 0.494 e. The van der Waals surface area contributed by atoms with Crippen LogP contribution in [-0.4, -0.2) is 51.4 Å². The zero-order valence-corrected chi connectivity index (χ0v) is 25.6. The van der Waals surface area contributed by atoms with Crippen molar-refractivity contribution in [1.29, 1.82) is 0 Å². The Hall–Kier alpha value is -3.29. The van der Waals surface area contributed by atoms with Gasteiger partial charge in [0, 0.05) is 59.0 Å². The molecule has 1 aromatic heterocycles. The van der Waals surface area contributed by atoms with Crippen LogP contribution < -0.4 is 4.74 Å². The molecule has 1 unspecified atom stereocenters. The van der Waals surface area contributed by atoms with E-state index < -0.39 is 11.9 Å². The fraction of sp³-hybridized carbons (Fsp3) is 0.406. The van der Waals surface area contributed by atoms with Gasteiger partial charge in [0.05, 0.1) is 18.2 Å². The lowest BCUT2D eigenvalue weighted by Crippen LogP contribution is -2.31. The molecular formula is C32H35Cl2N3O4. The van der Waals surface area contributed by atoms with Gasteiger partial charge >= 0.3 is 5.97 Å². The van der Waals surface area contributed by atoms with Crippen molar-refractivity contribution in [2.45, 2.75) is 53.4 Å². The summed E-state index contributed by atoms with van der Waals surface area (Å²) in [5, 5.41) is 15.5. The average Bonchev–Trinajstić information content (AvgIpc) is 3.62. The molecule has 0 spiro atoms. The fourth-order valence-corrected chi connectivity index (χ4v) is 6.57. The molecule has 1 aliphatic heterocycles. The number of nitrogens with zero attached hydrogens (tertiary/aromatic N) is 3. The number of rotatable bonds is 8. The summed E-state index contributed by atoms with van der Waals surface area (Å²) in [5.41, 5.74) is 9.47. The summed E-state index contributed by atoms with van der Waals surface area (Å²) >= 11 is 13.2. The SMILES string of the molecule is Cc1cc(OCCCC2=C(C(=O)N3CCC(C(=O)O)C3)Cc3c2ccc(Cl)c3-c2c(C)nn(C)c2C)cc(C)c1Cl. The Balaban J connectivity index is 1.46. The highest BCUT2D eigenvalue weighted by Crippen LogP contribution is 2.46. The lowest BCUT2D eigenvalue weighted by Gasteiger charge is -2.18. The van der Waals surface area contributed by atoms with E-state index in [1.807, 2.05) is 63.7 Å². The minimum Gasteiger partial charge on any atom is -0.494 e. The van der Waals surface area contributed by atoms with Gasteiger partial charge < -0.3 is 14.7 Å². The van der Waals surface area contributed by atoms with Crippen LogP contribution in [0.3, 0.4) is 0 Å². The van der Waals surface area contributed by atoms with Crippen LogP contribution in [0, 0.1) is 33.6 Å². The molecule has 7 nitrogen and oxygen atoms in total. The van der Waals surface area contributed by atoms with Crippen LogP contribution >= 0.6 is 23.2 Å². The molecule has 1 fully saturated rings. The third-order valence-corrected chi connectivity index (χ3v) is 9.31. The predicted molar refractivity (Wildman–Crippen MR) is 162 cm³/mol. The van der Waals surface area contributed by atoms with E-state index in [-0.39, 0.29) is 12.5 Å². The Morgan fingerprint density at radius 2 is 1.80 bits per heavy atom. The Labute approximate surface area is 250 Å². The smallest absolute Gasteiger partial charge is 0.308 e. The number of halogens is 2. The molecule has 2 aromatic carbocycles. The van der Waals surface area contributed by atoms with Crippen LogP contribution in [0.15, 0.2) is 29.8 Å². The Morgan fingerprint density at radius 1 is 1.10 bits per heavy atom. The van der Waals surface area contributed by atoms with Gasteiger partial charge in [-0.15, -0.1) is 0 Å². The lowest BCUT2D eigenvalue weighted by atomic mass is 9.93. The Morgan fingerprint density at radius 3 is 2.41 bits per heavy atom. The normalized spacial score (nSPS) is 16.5. The van der Waals surface area contributed by atoms with Crippen molar-refractivity contribution in [2.75, 3.05) is 19.7 Å². The van der Waals surface area contributed by atoms with E-state index in [0.29, 0.717) is 49.4 Å². The van der Waals surface area contributed by atoms with E-state index in [9.17, 15) is 14.7 Å². The zero-order chi connectivity index (χ0) is 29.6. The first-order valence-electron chi connectivity index (χ1n) is 13.9. The van der Waals surface area contributed by atoms with Crippen LogP contribution in [0.2, 0.25) is 10.0 Å². The second kappa shape index (κ2) is 11.5. The van der Waals surface area contributed by atoms with Crippen molar-refractivity contribution in [1.82, 2.24) is 14.7 Å². The van der Waals surface area contributed by atoms with Crippen LogP contribution in [-0.2, 0) is 23.1 Å². The van der Waals surface area contributed by atoms with Crippen molar-refractivity contribution in [3.8, 4) is 16.9 Å². The number of carbonyl (C=O) groups is 2. The molecule has 2 heterocycles.